The van der Waals surface area contributed by atoms with Crippen molar-refractivity contribution < 1.29 is 4.74 Å². The van der Waals surface area contributed by atoms with E-state index < -0.39 is 0 Å². The quantitative estimate of drug-likeness (QED) is 0.900. The Labute approximate surface area is 120 Å². The summed E-state index contributed by atoms with van der Waals surface area (Å²) in [5.74, 6) is 0. The molecule has 2 fully saturated rings. The van der Waals surface area contributed by atoms with Crippen LogP contribution < -0.4 is 5.32 Å². The van der Waals surface area contributed by atoms with E-state index in [1.807, 2.05) is 12.1 Å². The number of hydrogen-bond acceptors (Lipinski definition) is 2. The predicted molar refractivity (Wildman–Crippen MR) is 78.6 cm³/mol. The molecule has 19 heavy (non-hydrogen) atoms. The van der Waals surface area contributed by atoms with Gasteiger partial charge in [-0.15, -0.1) is 0 Å². The van der Waals surface area contributed by atoms with Crippen molar-refractivity contribution >= 4 is 11.6 Å². The molecule has 1 N–H and O–H groups in total. The van der Waals surface area contributed by atoms with Gasteiger partial charge in [-0.05, 0) is 56.7 Å². The molecule has 1 aliphatic heterocycles. The molecule has 104 valence electrons. The van der Waals surface area contributed by atoms with Crippen LogP contribution in [0.5, 0.6) is 0 Å². The van der Waals surface area contributed by atoms with Gasteiger partial charge < -0.3 is 10.1 Å². The van der Waals surface area contributed by atoms with E-state index in [1.54, 1.807) is 0 Å². The fourth-order valence-electron chi connectivity index (χ4n) is 3.32. The highest BCUT2D eigenvalue weighted by atomic mass is 35.5. The lowest BCUT2D eigenvalue weighted by Gasteiger charge is -2.47. The lowest BCUT2D eigenvalue weighted by molar-refractivity contribution is -0.136. The number of benzene rings is 1. The van der Waals surface area contributed by atoms with E-state index in [2.05, 4.69) is 24.4 Å². The Morgan fingerprint density at radius 2 is 2.26 bits per heavy atom. The first kappa shape index (κ1) is 13.4. The Balaban J connectivity index is 1.61. The Kier molecular flexibility index (Phi) is 3.84. The van der Waals surface area contributed by atoms with Crippen LogP contribution >= 0.6 is 11.6 Å². The van der Waals surface area contributed by atoms with Crippen molar-refractivity contribution in [1.29, 1.82) is 0 Å². The van der Waals surface area contributed by atoms with Crippen LogP contribution in [0.25, 0.3) is 0 Å². The fourth-order valence-corrected chi connectivity index (χ4v) is 3.51. The maximum absolute atomic E-state index is 6.06. The summed E-state index contributed by atoms with van der Waals surface area (Å²) in [7, 11) is 0. The van der Waals surface area contributed by atoms with Crippen molar-refractivity contribution in [1.82, 2.24) is 5.32 Å². The summed E-state index contributed by atoms with van der Waals surface area (Å²) in [5.41, 5.74) is 1.48. The minimum Gasteiger partial charge on any atom is -0.375 e. The van der Waals surface area contributed by atoms with E-state index in [-0.39, 0.29) is 5.60 Å². The van der Waals surface area contributed by atoms with Gasteiger partial charge in [-0.1, -0.05) is 23.7 Å². The van der Waals surface area contributed by atoms with Crippen LogP contribution in [-0.2, 0) is 4.74 Å². The standard InChI is InChI=1S/C16H22ClNO/c1-12(13-4-2-5-14(17)10-13)18-15-6-9-19-16(11-15)7-3-8-16/h2,4-5,10,12,15,18H,3,6-9,11H2,1H3/t12-,15?/m1/s1. The normalized spacial score (nSPS) is 26.9. The zero-order chi connectivity index (χ0) is 13.3. The first-order valence-electron chi connectivity index (χ1n) is 7.32. The lowest BCUT2D eigenvalue weighted by Crippen LogP contribution is -2.51. The molecule has 1 saturated heterocycles. The number of nitrogens with one attached hydrogen (secondary N) is 1. The fraction of sp³-hybridized carbons (Fsp3) is 0.625. The highest BCUT2D eigenvalue weighted by Crippen LogP contribution is 2.42. The number of rotatable bonds is 3. The molecule has 0 amide bonds. The molecular weight excluding hydrogens is 258 g/mol. The summed E-state index contributed by atoms with van der Waals surface area (Å²) in [6.07, 6.45) is 6.11. The van der Waals surface area contributed by atoms with Crippen molar-refractivity contribution in [3.05, 3.63) is 34.9 Å². The average molecular weight is 280 g/mol. The molecule has 3 heteroatoms. The summed E-state index contributed by atoms with van der Waals surface area (Å²) in [6, 6.07) is 9.06. The molecule has 1 aromatic carbocycles. The SMILES string of the molecule is C[C@@H](NC1CCOC2(CCC2)C1)c1cccc(Cl)c1. The van der Waals surface area contributed by atoms with Gasteiger partial charge in [0.05, 0.1) is 5.60 Å². The average Bonchev–Trinajstić information content (AvgIpc) is 2.37. The van der Waals surface area contributed by atoms with Gasteiger partial charge in [0.25, 0.3) is 0 Å². The van der Waals surface area contributed by atoms with Crippen LogP contribution in [0.3, 0.4) is 0 Å². The second-order valence-corrected chi connectivity index (χ2v) is 6.45. The van der Waals surface area contributed by atoms with Crippen LogP contribution in [-0.4, -0.2) is 18.2 Å². The summed E-state index contributed by atoms with van der Waals surface area (Å²) in [5, 5.41) is 4.56. The maximum Gasteiger partial charge on any atom is 0.0697 e. The molecule has 2 nitrogen and oxygen atoms in total. The topological polar surface area (TPSA) is 21.3 Å². The number of ether oxygens (including phenoxy) is 1. The van der Waals surface area contributed by atoms with E-state index in [1.165, 1.54) is 24.8 Å². The molecule has 0 aromatic heterocycles. The maximum atomic E-state index is 6.06. The molecule has 0 bridgehead atoms. The minimum atomic E-state index is 0.212. The van der Waals surface area contributed by atoms with Gasteiger partial charge in [0, 0.05) is 23.7 Å². The third-order valence-corrected chi connectivity index (χ3v) is 4.83. The Bertz CT molecular complexity index is 444. The third kappa shape index (κ3) is 2.96. The van der Waals surface area contributed by atoms with Crippen molar-refractivity contribution in [2.45, 2.75) is 56.7 Å². The molecule has 1 spiro atoms. The molecule has 3 rings (SSSR count). The van der Waals surface area contributed by atoms with Crippen molar-refractivity contribution in [2.24, 2.45) is 0 Å². The summed E-state index contributed by atoms with van der Waals surface area (Å²) in [4.78, 5) is 0. The van der Waals surface area contributed by atoms with Crippen LogP contribution in [0.15, 0.2) is 24.3 Å². The van der Waals surface area contributed by atoms with E-state index >= 15 is 0 Å². The van der Waals surface area contributed by atoms with Gasteiger partial charge in [-0.3, -0.25) is 0 Å². The molecule has 1 unspecified atom stereocenters. The highest BCUT2D eigenvalue weighted by molar-refractivity contribution is 6.30. The third-order valence-electron chi connectivity index (χ3n) is 4.59. The Morgan fingerprint density at radius 1 is 1.42 bits per heavy atom. The van der Waals surface area contributed by atoms with Crippen LogP contribution in [0.1, 0.15) is 50.6 Å². The predicted octanol–water partition coefficient (Wildman–Crippen LogP) is 4.09. The molecule has 2 atom stereocenters. The lowest BCUT2D eigenvalue weighted by atomic mass is 9.74. The summed E-state index contributed by atoms with van der Waals surface area (Å²) >= 11 is 6.06. The van der Waals surface area contributed by atoms with E-state index in [0.29, 0.717) is 12.1 Å². The first-order chi connectivity index (χ1) is 9.17. The first-order valence-corrected chi connectivity index (χ1v) is 7.70. The van der Waals surface area contributed by atoms with Gasteiger partial charge >= 0.3 is 0 Å². The van der Waals surface area contributed by atoms with Gasteiger partial charge in [0.1, 0.15) is 0 Å². The second kappa shape index (κ2) is 5.43. The van der Waals surface area contributed by atoms with Crippen molar-refractivity contribution in [3.63, 3.8) is 0 Å². The van der Waals surface area contributed by atoms with Crippen molar-refractivity contribution in [2.75, 3.05) is 6.61 Å². The second-order valence-electron chi connectivity index (χ2n) is 6.02. The highest BCUT2D eigenvalue weighted by Gasteiger charge is 2.42. The van der Waals surface area contributed by atoms with Gasteiger partial charge in [0.2, 0.25) is 0 Å². The molecule has 1 heterocycles. The van der Waals surface area contributed by atoms with Crippen LogP contribution in [0.4, 0.5) is 0 Å². The summed E-state index contributed by atoms with van der Waals surface area (Å²) < 4.78 is 5.98. The van der Waals surface area contributed by atoms with E-state index in [9.17, 15) is 0 Å². The Hall–Kier alpha value is -0.570. The molecule has 1 aliphatic carbocycles. The number of hydrogen-bond donors (Lipinski definition) is 1. The van der Waals surface area contributed by atoms with Crippen LogP contribution in [0, 0.1) is 0 Å². The van der Waals surface area contributed by atoms with Gasteiger partial charge in [-0.25, -0.2) is 0 Å². The summed E-state index contributed by atoms with van der Waals surface area (Å²) in [6.45, 7) is 3.12. The molecule has 2 aliphatic rings. The number of halogens is 1. The zero-order valence-corrected chi connectivity index (χ0v) is 12.2. The smallest absolute Gasteiger partial charge is 0.0697 e. The Morgan fingerprint density at radius 3 is 2.95 bits per heavy atom. The molecule has 1 saturated carbocycles. The van der Waals surface area contributed by atoms with Gasteiger partial charge in [-0.2, -0.15) is 0 Å². The molecular formula is C16H22ClNO. The molecule has 1 aromatic rings. The van der Waals surface area contributed by atoms with E-state index in [0.717, 1.165) is 24.5 Å². The largest absolute Gasteiger partial charge is 0.375 e. The molecule has 0 radical (unpaired) electrons. The monoisotopic (exact) mass is 279 g/mol. The van der Waals surface area contributed by atoms with Crippen LogP contribution in [0.2, 0.25) is 5.02 Å². The van der Waals surface area contributed by atoms with E-state index in [4.69, 9.17) is 16.3 Å². The zero-order valence-electron chi connectivity index (χ0n) is 11.5. The minimum absolute atomic E-state index is 0.212. The van der Waals surface area contributed by atoms with Gasteiger partial charge in [0.15, 0.2) is 0 Å². The van der Waals surface area contributed by atoms with Crippen molar-refractivity contribution in [3.8, 4) is 0 Å².